The number of hydrogen-bond acceptors (Lipinski definition) is 3. The number of hydrogen-bond donors (Lipinski definition) is 2. The molecule has 17 heavy (non-hydrogen) atoms. The number of carbonyl (C=O) groups excluding carboxylic acids is 1. The quantitative estimate of drug-likeness (QED) is 0.845. The summed E-state index contributed by atoms with van der Waals surface area (Å²) in [7, 11) is 0. The molecule has 0 fully saturated rings. The fourth-order valence-electron chi connectivity index (χ4n) is 1.32. The standard InChI is InChI=1S/C11H13ClN2O3/c1-7(13)11(17)14(6-10(15)16)9-4-2-3-8(12)5-9/h2-5,7H,6,13H2,1H3,(H,15,16)/t7-/m0/s1. The number of amides is 1. The Morgan fingerprint density at radius 3 is 2.65 bits per heavy atom. The van der Waals surface area contributed by atoms with E-state index >= 15 is 0 Å². The Bertz CT molecular complexity index is 434. The second-order valence-electron chi connectivity index (χ2n) is 3.59. The Balaban J connectivity index is 3.05. The minimum Gasteiger partial charge on any atom is -0.480 e. The molecule has 0 unspecified atom stereocenters. The number of carboxylic acid groups (broad SMARTS) is 1. The lowest BCUT2D eigenvalue weighted by Gasteiger charge is -2.22. The highest BCUT2D eigenvalue weighted by atomic mass is 35.5. The first kappa shape index (κ1) is 13.5. The molecule has 1 rings (SSSR count). The number of anilines is 1. The van der Waals surface area contributed by atoms with Crippen molar-refractivity contribution in [1.29, 1.82) is 0 Å². The fourth-order valence-corrected chi connectivity index (χ4v) is 1.51. The normalized spacial score (nSPS) is 11.9. The van der Waals surface area contributed by atoms with Gasteiger partial charge in [-0.05, 0) is 25.1 Å². The predicted molar refractivity (Wildman–Crippen MR) is 65.1 cm³/mol. The van der Waals surface area contributed by atoms with Crippen molar-refractivity contribution in [2.75, 3.05) is 11.4 Å². The van der Waals surface area contributed by atoms with Gasteiger partial charge >= 0.3 is 5.97 Å². The fraction of sp³-hybridized carbons (Fsp3) is 0.273. The molecule has 1 aromatic carbocycles. The molecule has 0 aromatic heterocycles. The second-order valence-corrected chi connectivity index (χ2v) is 4.02. The molecule has 0 aliphatic heterocycles. The van der Waals surface area contributed by atoms with Gasteiger partial charge in [-0.1, -0.05) is 17.7 Å². The van der Waals surface area contributed by atoms with Crippen LogP contribution in [-0.4, -0.2) is 29.6 Å². The molecular weight excluding hydrogens is 244 g/mol. The van der Waals surface area contributed by atoms with Gasteiger partial charge in [0.05, 0.1) is 6.04 Å². The number of rotatable bonds is 4. The van der Waals surface area contributed by atoms with Crippen LogP contribution >= 0.6 is 11.6 Å². The minimum absolute atomic E-state index is 0.419. The molecule has 0 aliphatic carbocycles. The van der Waals surface area contributed by atoms with E-state index in [0.29, 0.717) is 10.7 Å². The Labute approximate surface area is 104 Å². The summed E-state index contributed by atoms with van der Waals surface area (Å²) in [6.45, 7) is 1.06. The topological polar surface area (TPSA) is 83.6 Å². The zero-order chi connectivity index (χ0) is 13.0. The van der Waals surface area contributed by atoms with E-state index in [4.69, 9.17) is 22.4 Å². The minimum atomic E-state index is -1.11. The largest absolute Gasteiger partial charge is 0.480 e. The molecule has 1 aromatic rings. The van der Waals surface area contributed by atoms with E-state index < -0.39 is 24.5 Å². The number of benzene rings is 1. The Morgan fingerprint density at radius 1 is 1.53 bits per heavy atom. The van der Waals surface area contributed by atoms with Crippen molar-refractivity contribution in [2.24, 2.45) is 5.73 Å². The van der Waals surface area contributed by atoms with Crippen LogP contribution in [0.4, 0.5) is 5.69 Å². The van der Waals surface area contributed by atoms with E-state index in [-0.39, 0.29) is 0 Å². The number of nitrogens with two attached hydrogens (primary N) is 1. The monoisotopic (exact) mass is 256 g/mol. The Morgan fingerprint density at radius 2 is 2.18 bits per heavy atom. The molecule has 0 saturated carbocycles. The third-order valence-corrected chi connectivity index (χ3v) is 2.30. The van der Waals surface area contributed by atoms with E-state index in [1.54, 1.807) is 18.2 Å². The zero-order valence-electron chi connectivity index (χ0n) is 9.26. The molecule has 6 heteroatoms. The van der Waals surface area contributed by atoms with Crippen LogP contribution < -0.4 is 10.6 Å². The van der Waals surface area contributed by atoms with E-state index in [9.17, 15) is 9.59 Å². The number of halogens is 1. The number of nitrogens with zero attached hydrogens (tertiary/aromatic N) is 1. The van der Waals surface area contributed by atoms with Gasteiger partial charge in [0.2, 0.25) is 5.91 Å². The van der Waals surface area contributed by atoms with Crippen molar-refractivity contribution in [3.63, 3.8) is 0 Å². The molecule has 0 heterocycles. The third-order valence-electron chi connectivity index (χ3n) is 2.07. The second kappa shape index (κ2) is 5.65. The summed E-state index contributed by atoms with van der Waals surface area (Å²) in [5, 5.41) is 9.20. The summed E-state index contributed by atoms with van der Waals surface area (Å²) in [5.41, 5.74) is 5.89. The molecule has 92 valence electrons. The summed E-state index contributed by atoms with van der Waals surface area (Å²) in [6, 6.07) is 5.63. The Hall–Kier alpha value is -1.59. The summed E-state index contributed by atoms with van der Waals surface area (Å²) in [4.78, 5) is 23.6. The van der Waals surface area contributed by atoms with E-state index in [1.807, 2.05) is 0 Å². The maximum atomic E-state index is 11.8. The number of carbonyl (C=O) groups is 2. The van der Waals surface area contributed by atoms with Gasteiger partial charge < -0.3 is 10.8 Å². The van der Waals surface area contributed by atoms with E-state index in [2.05, 4.69) is 0 Å². The lowest BCUT2D eigenvalue weighted by Crippen LogP contribution is -2.44. The van der Waals surface area contributed by atoms with Gasteiger partial charge in [0.1, 0.15) is 6.54 Å². The molecule has 0 radical (unpaired) electrons. The van der Waals surface area contributed by atoms with Crippen LogP contribution in [0.15, 0.2) is 24.3 Å². The third kappa shape index (κ3) is 3.72. The summed E-state index contributed by atoms with van der Waals surface area (Å²) >= 11 is 5.79. The highest BCUT2D eigenvalue weighted by Gasteiger charge is 2.21. The van der Waals surface area contributed by atoms with Crippen molar-refractivity contribution in [3.05, 3.63) is 29.3 Å². The van der Waals surface area contributed by atoms with Crippen molar-refractivity contribution < 1.29 is 14.7 Å². The molecule has 0 saturated heterocycles. The summed E-state index contributed by atoms with van der Waals surface area (Å²) < 4.78 is 0. The molecule has 0 aliphatic rings. The molecule has 0 spiro atoms. The Kier molecular flexibility index (Phi) is 4.48. The van der Waals surface area contributed by atoms with Crippen LogP contribution in [-0.2, 0) is 9.59 Å². The highest BCUT2D eigenvalue weighted by Crippen LogP contribution is 2.19. The SMILES string of the molecule is C[C@H](N)C(=O)N(CC(=O)O)c1cccc(Cl)c1. The molecule has 5 nitrogen and oxygen atoms in total. The first-order chi connectivity index (χ1) is 7.91. The molecule has 1 atom stereocenters. The van der Waals surface area contributed by atoms with Crippen LogP contribution in [0.2, 0.25) is 5.02 Å². The zero-order valence-corrected chi connectivity index (χ0v) is 10.0. The van der Waals surface area contributed by atoms with Crippen LogP contribution in [0.1, 0.15) is 6.92 Å². The smallest absolute Gasteiger partial charge is 0.323 e. The van der Waals surface area contributed by atoms with Crippen molar-refractivity contribution in [1.82, 2.24) is 0 Å². The lowest BCUT2D eigenvalue weighted by molar-refractivity contribution is -0.136. The van der Waals surface area contributed by atoms with Gasteiger partial charge in [-0.25, -0.2) is 0 Å². The predicted octanol–water partition coefficient (Wildman–Crippen LogP) is 1.10. The highest BCUT2D eigenvalue weighted by molar-refractivity contribution is 6.31. The van der Waals surface area contributed by atoms with Crippen molar-refractivity contribution in [3.8, 4) is 0 Å². The summed E-state index contributed by atoms with van der Waals surface area (Å²) in [6.07, 6.45) is 0. The molecule has 0 bridgehead atoms. The van der Waals surface area contributed by atoms with Crippen molar-refractivity contribution >= 4 is 29.2 Å². The van der Waals surface area contributed by atoms with E-state index in [0.717, 1.165) is 4.90 Å². The van der Waals surface area contributed by atoms with Crippen LogP contribution in [0.5, 0.6) is 0 Å². The van der Waals surface area contributed by atoms with Gasteiger partial charge in [0, 0.05) is 10.7 Å². The average Bonchev–Trinajstić information content (AvgIpc) is 2.24. The van der Waals surface area contributed by atoms with Crippen LogP contribution in [0.25, 0.3) is 0 Å². The first-order valence-electron chi connectivity index (χ1n) is 4.96. The molecule has 1 amide bonds. The summed E-state index contributed by atoms with van der Waals surface area (Å²) in [5.74, 6) is -1.58. The number of carboxylic acids is 1. The van der Waals surface area contributed by atoms with Gasteiger partial charge in [0.25, 0.3) is 0 Å². The first-order valence-corrected chi connectivity index (χ1v) is 5.34. The van der Waals surface area contributed by atoms with Gasteiger partial charge in [-0.3, -0.25) is 14.5 Å². The molecule has 3 N–H and O–H groups in total. The van der Waals surface area contributed by atoms with Gasteiger partial charge in [-0.15, -0.1) is 0 Å². The maximum Gasteiger partial charge on any atom is 0.323 e. The molecular formula is C11H13ClN2O3. The number of aliphatic carboxylic acids is 1. The maximum absolute atomic E-state index is 11.8. The lowest BCUT2D eigenvalue weighted by atomic mass is 10.2. The van der Waals surface area contributed by atoms with Crippen molar-refractivity contribution in [2.45, 2.75) is 13.0 Å². The van der Waals surface area contributed by atoms with Gasteiger partial charge in [0.15, 0.2) is 0 Å². The van der Waals surface area contributed by atoms with E-state index in [1.165, 1.54) is 13.0 Å². The van der Waals surface area contributed by atoms with Crippen LogP contribution in [0, 0.1) is 0 Å². The average molecular weight is 257 g/mol. The van der Waals surface area contributed by atoms with Crippen LogP contribution in [0.3, 0.4) is 0 Å². The van der Waals surface area contributed by atoms with Gasteiger partial charge in [-0.2, -0.15) is 0 Å².